The topological polar surface area (TPSA) is 88.5 Å². The van der Waals surface area contributed by atoms with Gasteiger partial charge in [0.2, 0.25) is 0 Å². The van der Waals surface area contributed by atoms with Gasteiger partial charge < -0.3 is 24.6 Å². The van der Waals surface area contributed by atoms with Crippen LogP contribution in [0.1, 0.15) is 31.5 Å². The number of aromatic nitrogens is 4. The van der Waals surface area contributed by atoms with E-state index < -0.39 is 0 Å². The number of anilines is 3. The van der Waals surface area contributed by atoms with Gasteiger partial charge in [0.25, 0.3) is 0 Å². The molecule has 0 radical (unpaired) electrons. The number of aryl methyl sites for hydroxylation is 1. The summed E-state index contributed by atoms with van der Waals surface area (Å²) in [6.45, 7) is 5.17. The molecule has 1 saturated heterocycles. The summed E-state index contributed by atoms with van der Waals surface area (Å²) >= 11 is 0. The van der Waals surface area contributed by atoms with Crippen LogP contribution in [-0.4, -0.2) is 72.5 Å². The van der Waals surface area contributed by atoms with Crippen molar-refractivity contribution in [1.82, 2.24) is 19.9 Å². The molecule has 1 aliphatic carbocycles. The molecule has 0 bridgehead atoms. The third kappa shape index (κ3) is 5.14. The summed E-state index contributed by atoms with van der Waals surface area (Å²) in [5.41, 5.74) is 2.82. The highest BCUT2D eigenvalue weighted by Crippen LogP contribution is 2.33. The maximum Gasteiger partial charge on any atom is 0.149 e. The molecule has 5 rings (SSSR count). The molecule has 1 aromatic carbocycles. The second-order valence-electron chi connectivity index (χ2n) is 9.26. The van der Waals surface area contributed by atoms with E-state index in [2.05, 4.69) is 42.3 Å². The quantitative estimate of drug-likeness (QED) is 0.590. The first-order valence-corrected chi connectivity index (χ1v) is 12.1. The van der Waals surface area contributed by atoms with E-state index in [1.807, 2.05) is 32.0 Å². The Bertz CT molecular complexity index is 1130. The summed E-state index contributed by atoms with van der Waals surface area (Å²) in [5, 5.41) is 3.61. The second kappa shape index (κ2) is 9.97. The number of ether oxygens (including phenoxy) is 2. The highest BCUT2D eigenvalue weighted by Gasteiger charge is 2.24. The minimum Gasteiger partial charge on any atom is -0.488 e. The van der Waals surface area contributed by atoms with Crippen LogP contribution in [0, 0.1) is 6.92 Å². The predicted octanol–water partition coefficient (Wildman–Crippen LogP) is 3.43. The van der Waals surface area contributed by atoms with Gasteiger partial charge in [-0.25, -0.2) is 15.0 Å². The Kier molecular flexibility index (Phi) is 6.62. The minimum atomic E-state index is 0.160. The number of morpholine rings is 1. The Morgan fingerprint density at radius 1 is 1.00 bits per heavy atom. The average Bonchev–Trinajstić information content (AvgIpc) is 2.85. The van der Waals surface area contributed by atoms with Crippen molar-refractivity contribution in [3.63, 3.8) is 0 Å². The molecular weight excluding hydrogens is 430 g/mol. The van der Waals surface area contributed by atoms with Crippen LogP contribution in [0.25, 0.3) is 11.0 Å². The molecule has 0 unspecified atom stereocenters. The van der Waals surface area contributed by atoms with E-state index in [0.29, 0.717) is 6.04 Å². The Morgan fingerprint density at radius 3 is 2.53 bits per heavy atom. The maximum absolute atomic E-state index is 6.55. The molecule has 1 aliphatic heterocycles. The summed E-state index contributed by atoms with van der Waals surface area (Å²) in [6, 6.07) is 6.62. The van der Waals surface area contributed by atoms with Crippen molar-refractivity contribution in [2.75, 3.05) is 55.5 Å². The molecule has 0 spiro atoms. The Balaban J connectivity index is 1.26. The van der Waals surface area contributed by atoms with Gasteiger partial charge in [-0.15, -0.1) is 0 Å². The smallest absolute Gasteiger partial charge is 0.149 e. The summed E-state index contributed by atoms with van der Waals surface area (Å²) in [4.78, 5) is 22.5. The molecule has 1 saturated carbocycles. The number of benzene rings is 1. The van der Waals surface area contributed by atoms with Gasteiger partial charge in [-0.2, -0.15) is 0 Å². The van der Waals surface area contributed by atoms with Crippen molar-refractivity contribution in [3.8, 4) is 5.75 Å². The lowest BCUT2D eigenvalue weighted by atomic mass is 9.93. The molecule has 2 aliphatic rings. The van der Waals surface area contributed by atoms with Crippen molar-refractivity contribution in [2.24, 2.45) is 0 Å². The third-order valence-electron chi connectivity index (χ3n) is 6.50. The molecule has 9 heteroatoms. The Hall–Kier alpha value is -3.20. The first kappa shape index (κ1) is 22.6. The summed E-state index contributed by atoms with van der Waals surface area (Å²) < 4.78 is 12.1. The monoisotopic (exact) mass is 463 g/mol. The van der Waals surface area contributed by atoms with Gasteiger partial charge in [0.05, 0.1) is 24.8 Å². The van der Waals surface area contributed by atoms with Crippen LogP contribution in [0.15, 0.2) is 30.6 Å². The van der Waals surface area contributed by atoms with Crippen molar-refractivity contribution >= 4 is 28.4 Å². The van der Waals surface area contributed by atoms with Gasteiger partial charge in [0, 0.05) is 63.4 Å². The molecule has 3 heterocycles. The molecule has 180 valence electrons. The van der Waals surface area contributed by atoms with Gasteiger partial charge in [-0.1, -0.05) is 0 Å². The molecule has 0 atom stereocenters. The standard InChI is InChI=1S/C25H33N7O2/c1-17-28-23(16-24(29-17)31(2)3)30-18-4-6-20(7-5-18)34-22-15-19(32-10-12-33-13-11-32)14-21-25(22)27-9-8-26-21/h8-9,14-16,18,20H,4-7,10-13H2,1-3H3,(H,28,29,30). The highest BCUT2D eigenvalue weighted by atomic mass is 16.5. The van der Waals surface area contributed by atoms with Gasteiger partial charge in [0.15, 0.2) is 0 Å². The SMILES string of the molecule is Cc1nc(NC2CCC(Oc3cc(N4CCOCC4)cc4nccnc34)CC2)cc(N(C)C)n1. The fourth-order valence-corrected chi connectivity index (χ4v) is 4.69. The summed E-state index contributed by atoms with van der Waals surface area (Å²) in [6.07, 6.45) is 7.64. The summed E-state index contributed by atoms with van der Waals surface area (Å²) in [5.74, 6) is 3.41. The molecule has 2 aromatic heterocycles. The molecule has 9 nitrogen and oxygen atoms in total. The van der Waals surface area contributed by atoms with Crippen LogP contribution in [0.2, 0.25) is 0 Å². The van der Waals surface area contributed by atoms with Crippen LogP contribution >= 0.6 is 0 Å². The van der Waals surface area contributed by atoms with Crippen LogP contribution in [0.5, 0.6) is 5.75 Å². The molecule has 34 heavy (non-hydrogen) atoms. The van der Waals surface area contributed by atoms with E-state index in [9.17, 15) is 0 Å². The number of hydrogen-bond acceptors (Lipinski definition) is 9. The number of fused-ring (bicyclic) bond motifs is 1. The fraction of sp³-hybridized carbons (Fsp3) is 0.520. The lowest BCUT2D eigenvalue weighted by molar-refractivity contribution is 0.122. The number of hydrogen-bond donors (Lipinski definition) is 1. The first-order valence-electron chi connectivity index (χ1n) is 12.1. The van der Waals surface area contributed by atoms with Crippen molar-refractivity contribution in [2.45, 2.75) is 44.8 Å². The van der Waals surface area contributed by atoms with E-state index in [-0.39, 0.29) is 6.10 Å². The van der Waals surface area contributed by atoms with E-state index in [1.165, 1.54) is 0 Å². The summed E-state index contributed by atoms with van der Waals surface area (Å²) in [7, 11) is 3.99. The number of rotatable bonds is 6. The lowest BCUT2D eigenvalue weighted by Gasteiger charge is -2.31. The third-order valence-corrected chi connectivity index (χ3v) is 6.50. The van der Waals surface area contributed by atoms with E-state index >= 15 is 0 Å². The van der Waals surface area contributed by atoms with E-state index in [0.717, 1.165) is 91.9 Å². The Morgan fingerprint density at radius 2 is 1.76 bits per heavy atom. The van der Waals surface area contributed by atoms with Crippen LogP contribution in [-0.2, 0) is 4.74 Å². The Labute approximate surface area is 200 Å². The average molecular weight is 464 g/mol. The number of nitrogens with zero attached hydrogens (tertiary/aromatic N) is 6. The highest BCUT2D eigenvalue weighted by molar-refractivity contribution is 5.85. The molecule has 3 aromatic rings. The van der Waals surface area contributed by atoms with E-state index in [1.54, 1.807) is 12.4 Å². The number of nitrogens with one attached hydrogen (secondary N) is 1. The molecule has 2 fully saturated rings. The van der Waals surface area contributed by atoms with Gasteiger partial charge in [-0.05, 0) is 38.7 Å². The predicted molar refractivity (Wildman–Crippen MR) is 134 cm³/mol. The van der Waals surface area contributed by atoms with Crippen molar-refractivity contribution < 1.29 is 9.47 Å². The maximum atomic E-state index is 6.55. The zero-order valence-corrected chi connectivity index (χ0v) is 20.2. The molecule has 0 amide bonds. The largest absolute Gasteiger partial charge is 0.488 e. The van der Waals surface area contributed by atoms with Gasteiger partial charge >= 0.3 is 0 Å². The van der Waals surface area contributed by atoms with Crippen LogP contribution in [0.3, 0.4) is 0 Å². The molecule has 1 N–H and O–H groups in total. The second-order valence-corrected chi connectivity index (χ2v) is 9.26. The van der Waals surface area contributed by atoms with Crippen LogP contribution in [0.4, 0.5) is 17.3 Å². The zero-order valence-electron chi connectivity index (χ0n) is 20.2. The normalized spacial score (nSPS) is 20.9. The fourth-order valence-electron chi connectivity index (χ4n) is 4.69. The van der Waals surface area contributed by atoms with E-state index in [4.69, 9.17) is 9.47 Å². The van der Waals surface area contributed by atoms with Crippen molar-refractivity contribution in [3.05, 3.63) is 36.4 Å². The lowest BCUT2D eigenvalue weighted by Crippen LogP contribution is -2.36. The van der Waals surface area contributed by atoms with Gasteiger partial charge in [0.1, 0.15) is 28.7 Å². The van der Waals surface area contributed by atoms with Gasteiger partial charge in [-0.3, -0.25) is 4.98 Å². The van der Waals surface area contributed by atoms with Crippen molar-refractivity contribution in [1.29, 1.82) is 0 Å². The molecular formula is C25H33N7O2. The zero-order chi connectivity index (χ0) is 23.5. The first-order chi connectivity index (χ1) is 16.5. The minimum absolute atomic E-state index is 0.160. The van der Waals surface area contributed by atoms with Crippen LogP contribution < -0.4 is 19.9 Å².